The summed E-state index contributed by atoms with van der Waals surface area (Å²) in [4.78, 5) is 9.45. The molecule has 3 aromatic heterocycles. The molecule has 1 aromatic carbocycles. The van der Waals surface area contributed by atoms with E-state index in [9.17, 15) is 4.39 Å². The van der Waals surface area contributed by atoms with Crippen molar-refractivity contribution in [3.8, 4) is 5.69 Å². The number of pyridine rings is 1. The third kappa shape index (κ3) is 2.98. The van der Waals surface area contributed by atoms with Gasteiger partial charge in [0.25, 0.3) is 0 Å². The summed E-state index contributed by atoms with van der Waals surface area (Å²) in [5.41, 5.74) is 4.46. The second-order valence-corrected chi connectivity index (χ2v) is 6.37. The minimum Gasteiger partial charge on any atom is -0.312 e. The molecule has 132 valence electrons. The van der Waals surface area contributed by atoms with E-state index < -0.39 is 0 Å². The monoisotopic (exact) mass is 349 g/mol. The molecule has 0 N–H and O–H groups in total. The van der Waals surface area contributed by atoms with E-state index in [1.165, 1.54) is 12.1 Å². The second kappa shape index (κ2) is 6.71. The Labute approximate surface area is 151 Å². The molecule has 0 saturated carbocycles. The number of aromatic nitrogens is 5. The van der Waals surface area contributed by atoms with E-state index in [2.05, 4.69) is 21.6 Å². The summed E-state index contributed by atoms with van der Waals surface area (Å²) >= 11 is 0. The minimum absolute atomic E-state index is 0.276. The molecule has 0 atom stereocenters. The van der Waals surface area contributed by atoms with Crippen molar-refractivity contribution in [2.75, 3.05) is 0 Å². The summed E-state index contributed by atoms with van der Waals surface area (Å²) in [7, 11) is 0. The molecule has 0 aliphatic rings. The van der Waals surface area contributed by atoms with Crippen LogP contribution in [0.15, 0.2) is 48.7 Å². The number of fused-ring (bicyclic) bond motifs is 1. The molecule has 0 bridgehead atoms. The topological polar surface area (TPSA) is 48.5 Å². The molecule has 3 heterocycles. The van der Waals surface area contributed by atoms with Crippen molar-refractivity contribution < 1.29 is 4.39 Å². The van der Waals surface area contributed by atoms with E-state index in [0.29, 0.717) is 12.1 Å². The predicted octanol–water partition coefficient (Wildman–Crippen LogP) is 4.07. The van der Waals surface area contributed by atoms with Crippen molar-refractivity contribution in [2.45, 2.75) is 33.2 Å². The fourth-order valence-corrected chi connectivity index (χ4v) is 3.20. The first-order chi connectivity index (χ1) is 12.7. The highest BCUT2D eigenvalue weighted by Gasteiger charge is 2.15. The Balaban J connectivity index is 1.77. The summed E-state index contributed by atoms with van der Waals surface area (Å²) < 4.78 is 17.5. The number of hydrogen-bond donors (Lipinski definition) is 0. The van der Waals surface area contributed by atoms with E-state index in [0.717, 1.165) is 41.3 Å². The van der Waals surface area contributed by atoms with Crippen LogP contribution in [0.3, 0.4) is 0 Å². The Morgan fingerprint density at radius 2 is 1.96 bits per heavy atom. The molecule has 0 fully saturated rings. The Morgan fingerprint density at radius 3 is 2.77 bits per heavy atom. The van der Waals surface area contributed by atoms with Gasteiger partial charge in [0.05, 0.1) is 11.4 Å². The van der Waals surface area contributed by atoms with Crippen LogP contribution in [-0.2, 0) is 13.0 Å². The van der Waals surface area contributed by atoms with Gasteiger partial charge in [0, 0.05) is 24.9 Å². The van der Waals surface area contributed by atoms with Gasteiger partial charge in [0.2, 0.25) is 0 Å². The summed E-state index contributed by atoms with van der Waals surface area (Å²) in [5, 5.41) is 4.36. The Morgan fingerprint density at radius 1 is 1.08 bits per heavy atom. The first kappa shape index (κ1) is 16.4. The molecule has 4 rings (SSSR count). The lowest BCUT2D eigenvalue weighted by Gasteiger charge is -2.10. The zero-order valence-electron chi connectivity index (χ0n) is 14.9. The molecule has 0 aliphatic heterocycles. The van der Waals surface area contributed by atoms with E-state index in [1.807, 2.05) is 31.2 Å². The first-order valence-electron chi connectivity index (χ1n) is 8.77. The summed E-state index contributed by atoms with van der Waals surface area (Å²) in [6.07, 6.45) is 3.33. The number of aryl methyl sites for hydroxylation is 2. The standard InChI is InChI=1S/C20H20FN5/c1-3-11-25-19(24-18-8-7-14(2)23-20(18)25)13-17-9-10-22-26(17)16-6-4-5-15(21)12-16/h4-10,12H,3,11,13H2,1-2H3. The Kier molecular flexibility index (Phi) is 4.24. The van der Waals surface area contributed by atoms with Gasteiger partial charge in [-0.1, -0.05) is 13.0 Å². The van der Waals surface area contributed by atoms with Crippen LogP contribution in [0.4, 0.5) is 4.39 Å². The van der Waals surface area contributed by atoms with Gasteiger partial charge in [-0.2, -0.15) is 5.10 Å². The molecule has 6 heteroatoms. The number of rotatable bonds is 5. The van der Waals surface area contributed by atoms with Crippen molar-refractivity contribution in [1.29, 1.82) is 0 Å². The lowest BCUT2D eigenvalue weighted by molar-refractivity contribution is 0.624. The van der Waals surface area contributed by atoms with Gasteiger partial charge in [-0.3, -0.25) is 0 Å². The fraction of sp³-hybridized carbons (Fsp3) is 0.250. The average molecular weight is 349 g/mol. The molecular weight excluding hydrogens is 329 g/mol. The van der Waals surface area contributed by atoms with Crippen molar-refractivity contribution in [3.63, 3.8) is 0 Å². The third-order valence-electron chi connectivity index (χ3n) is 4.37. The second-order valence-electron chi connectivity index (χ2n) is 6.37. The van der Waals surface area contributed by atoms with Gasteiger partial charge >= 0.3 is 0 Å². The maximum Gasteiger partial charge on any atom is 0.160 e. The maximum absolute atomic E-state index is 13.6. The normalized spacial score (nSPS) is 11.3. The van der Waals surface area contributed by atoms with E-state index in [4.69, 9.17) is 4.98 Å². The van der Waals surface area contributed by atoms with Crippen LogP contribution < -0.4 is 0 Å². The van der Waals surface area contributed by atoms with Gasteiger partial charge < -0.3 is 4.57 Å². The van der Waals surface area contributed by atoms with Gasteiger partial charge in [0.15, 0.2) is 5.65 Å². The maximum atomic E-state index is 13.6. The molecule has 0 saturated heterocycles. The molecule has 0 spiro atoms. The number of imidazole rings is 1. The number of nitrogens with zero attached hydrogens (tertiary/aromatic N) is 5. The quantitative estimate of drug-likeness (QED) is 0.546. The number of halogens is 1. The van der Waals surface area contributed by atoms with Crippen LogP contribution in [0.25, 0.3) is 16.9 Å². The molecule has 0 radical (unpaired) electrons. The summed E-state index contributed by atoms with van der Waals surface area (Å²) in [5.74, 6) is 0.667. The van der Waals surface area contributed by atoms with Crippen molar-refractivity contribution in [1.82, 2.24) is 24.3 Å². The van der Waals surface area contributed by atoms with Gasteiger partial charge in [0.1, 0.15) is 17.2 Å². The summed E-state index contributed by atoms with van der Waals surface area (Å²) in [6, 6.07) is 12.4. The molecular formula is C20H20FN5. The molecule has 5 nitrogen and oxygen atoms in total. The van der Waals surface area contributed by atoms with Crippen LogP contribution in [-0.4, -0.2) is 24.3 Å². The highest BCUT2D eigenvalue weighted by atomic mass is 19.1. The smallest absolute Gasteiger partial charge is 0.160 e. The largest absolute Gasteiger partial charge is 0.312 e. The van der Waals surface area contributed by atoms with Crippen molar-refractivity contribution in [2.24, 2.45) is 0 Å². The van der Waals surface area contributed by atoms with Crippen molar-refractivity contribution in [3.05, 3.63) is 71.7 Å². The first-order valence-corrected chi connectivity index (χ1v) is 8.77. The Bertz CT molecular complexity index is 1060. The highest BCUT2D eigenvalue weighted by molar-refractivity contribution is 5.71. The van der Waals surface area contributed by atoms with Gasteiger partial charge in [-0.15, -0.1) is 0 Å². The van der Waals surface area contributed by atoms with E-state index >= 15 is 0 Å². The van der Waals surface area contributed by atoms with E-state index in [1.54, 1.807) is 16.9 Å². The lowest BCUT2D eigenvalue weighted by Crippen LogP contribution is -2.09. The molecule has 26 heavy (non-hydrogen) atoms. The third-order valence-corrected chi connectivity index (χ3v) is 4.37. The van der Waals surface area contributed by atoms with Crippen molar-refractivity contribution >= 4 is 11.2 Å². The molecule has 4 aromatic rings. The van der Waals surface area contributed by atoms with Crippen LogP contribution >= 0.6 is 0 Å². The lowest BCUT2D eigenvalue weighted by atomic mass is 10.2. The van der Waals surface area contributed by atoms with Crippen LogP contribution in [0, 0.1) is 12.7 Å². The highest BCUT2D eigenvalue weighted by Crippen LogP contribution is 2.20. The minimum atomic E-state index is -0.276. The Hall–Kier alpha value is -3.02. The molecule has 0 aliphatic carbocycles. The van der Waals surface area contributed by atoms with Gasteiger partial charge in [-0.05, 0) is 49.7 Å². The zero-order chi connectivity index (χ0) is 18.1. The SMILES string of the molecule is CCCn1c(Cc2ccnn2-c2cccc(F)c2)nc2ccc(C)nc21. The van der Waals surface area contributed by atoms with Crippen LogP contribution in [0.5, 0.6) is 0 Å². The number of hydrogen-bond acceptors (Lipinski definition) is 3. The van der Waals surface area contributed by atoms with E-state index in [-0.39, 0.29) is 5.82 Å². The predicted molar refractivity (Wildman–Crippen MR) is 98.9 cm³/mol. The molecule has 0 unspecified atom stereocenters. The fourth-order valence-electron chi connectivity index (χ4n) is 3.20. The number of benzene rings is 1. The zero-order valence-corrected chi connectivity index (χ0v) is 14.9. The van der Waals surface area contributed by atoms with Gasteiger partial charge in [-0.25, -0.2) is 19.0 Å². The summed E-state index contributed by atoms with van der Waals surface area (Å²) in [6.45, 7) is 4.99. The average Bonchev–Trinajstić information content (AvgIpc) is 3.21. The van der Waals surface area contributed by atoms with Crippen LogP contribution in [0.1, 0.15) is 30.6 Å². The molecule has 0 amide bonds. The van der Waals surface area contributed by atoms with Crippen LogP contribution in [0.2, 0.25) is 0 Å².